The summed E-state index contributed by atoms with van der Waals surface area (Å²) in [4.78, 5) is 9.57. The Morgan fingerprint density at radius 3 is 2.50 bits per heavy atom. The van der Waals surface area contributed by atoms with Crippen molar-refractivity contribution in [3.8, 4) is 16.9 Å². The van der Waals surface area contributed by atoms with E-state index in [0.717, 1.165) is 23.1 Å². The summed E-state index contributed by atoms with van der Waals surface area (Å²) >= 11 is 0. The van der Waals surface area contributed by atoms with Gasteiger partial charge in [-0.1, -0.05) is 6.07 Å². The van der Waals surface area contributed by atoms with Crippen LogP contribution in [0.4, 0.5) is 20.2 Å². The van der Waals surface area contributed by atoms with Crippen LogP contribution in [0.3, 0.4) is 0 Å². The molecule has 2 heterocycles. The second kappa shape index (κ2) is 9.87. The Kier molecular flexibility index (Phi) is 7.33. The Morgan fingerprint density at radius 2 is 1.85 bits per heavy atom. The third kappa shape index (κ3) is 4.64. The Balaban J connectivity index is 0.00000324. The smallest absolute Gasteiger partial charge is 0.378 e. The van der Waals surface area contributed by atoms with Crippen LogP contribution < -0.4 is 4.90 Å². The second-order valence-electron chi connectivity index (χ2n) is 8.29. The number of nitrogens with zero attached hydrogens (tertiary/aromatic N) is 5. The first kappa shape index (κ1) is 25.3. The van der Waals surface area contributed by atoms with Gasteiger partial charge in [0.15, 0.2) is 5.69 Å². The van der Waals surface area contributed by atoms with E-state index in [4.69, 9.17) is 16.7 Å². The molecule has 0 amide bonds. The van der Waals surface area contributed by atoms with Crippen molar-refractivity contribution in [2.24, 2.45) is 0 Å². The van der Waals surface area contributed by atoms with Crippen LogP contribution in [-0.2, 0) is 26.5 Å². The number of rotatable bonds is 5. The number of halogens is 2. The van der Waals surface area contributed by atoms with Crippen molar-refractivity contribution < 1.29 is 29.8 Å². The fraction of sp³-hybridized carbons (Fsp3) is 0.192. The minimum absolute atomic E-state index is 0. The molecule has 0 spiro atoms. The fourth-order valence-corrected chi connectivity index (χ4v) is 3.45. The zero-order valence-corrected chi connectivity index (χ0v) is 21.3. The molecule has 5 nitrogen and oxygen atoms in total. The molecule has 0 fully saturated rings. The number of hydrogen-bond acceptors (Lipinski definition) is 3. The molecule has 0 saturated carbocycles. The Hall–Kier alpha value is -3.36. The first-order valence-corrected chi connectivity index (χ1v) is 10.2. The van der Waals surface area contributed by atoms with Gasteiger partial charge in [0.2, 0.25) is 0 Å². The van der Waals surface area contributed by atoms with Gasteiger partial charge in [-0.25, -0.2) is 0 Å². The Morgan fingerprint density at radius 1 is 1.09 bits per heavy atom. The first-order valence-electron chi connectivity index (χ1n) is 10.2. The summed E-state index contributed by atoms with van der Waals surface area (Å²) in [5.74, 6) is -1.92. The van der Waals surface area contributed by atoms with Crippen LogP contribution in [0.15, 0.2) is 54.7 Å². The normalized spacial score (nSPS) is 11.0. The molecule has 8 heteroatoms. The number of anilines is 1. The van der Waals surface area contributed by atoms with Crippen molar-refractivity contribution in [2.75, 3.05) is 19.0 Å². The van der Waals surface area contributed by atoms with Crippen molar-refractivity contribution in [3.05, 3.63) is 101 Å². The van der Waals surface area contributed by atoms with Gasteiger partial charge in [0.05, 0.1) is 17.7 Å². The number of para-hydroxylation sites is 1. The van der Waals surface area contributed by atoms with Crippen molar-refractivity contribution in [1.82, 2.24) is 14.8 Å². The van der Waals surface area contributed by atoms with Crippen LogP contribution in [0.5, 0.6) is 0 Å². The molecule has 34 heavy (non-hydrogen) atoms. The summed E-state index contributed by atoms with van der Waals surface area (Å²) in [6.07, 6.45) is 1.86. The molecule has 0 atom stereocenters. The molecular weight excluding hydrogens is 615 g/mol. The van der Waals surface area contributed by atoms with Crippen LogP contribution in [0, 0.1) is 30.3 Å². The quantitative estimate of drug-likeness (QED) is 0.262. The summed E-state index contributed by atoms with van der Waals surface area (Å²) < 4.78 is 30.5. The van der Waals surface area contributed by atoms with Crippen LogP contribution in [0.2, 0.25) is 0 Å². The van der Waals surface area contributed by atoms with E-state index < -0.39 is 22.7 Å². The van der Waals surface area contributed by atoms with Crippen molar-refractivity contribution in [3.63, 3.8) is 0 Å². The summed E-state index contributed by atoms with van der Waals surface area (Å²) in [6.45, 7) is 11.1. The van der Waals surface area contributed by atoms with E-state index in [0.29, 0.717) is 5.69 Å². The Labute approximate surface area is 212 Å². The first-order chi connectivity index (χ1) is 15.7. The molecule has 2 aromatic heterocycles. The maximum Gasteiger partial charge on any atom is 2.00 e. The number of benzene rings is 2. The molecule has 4 rings (SSSR count). The van der Waals surface area contributed by atoms with Gasteiger partial charge in [0, 0.05) is 43.3 Å². The zero-order chi connectivity index (χ0) is 23.8. The van der Waals surface area contributed by atoms with Crippen molar-refractivity contribution >= 4 is 11.4 Å². The van der Waals surface area contributed by atoms with E-state index >= 15 is 0 Å². The average molecular weight is 637 g/mol. The molecule has 0 N–H and O–H groups in total. The van der Waals surface area contributed by atoms with Gasteiger partial charge in [0.1, 0.15) is 0 Å². The van der Waals surface area contributed by atoms with Gasteiger partial charge < -0.3 is 9.88 Å². The molecule has 0 aliphatic carbocycles. The van der Waals surface area contributed by atoms with E-state index in [1.807, 2.05) is 75.4 Å². The molecular formula is C26H21F2N5Pt. The third-order valence-electron chi connectivity index (χ3n) is 5.50. The SMILES string of the molecule is [C-]#[N+]c1c(F)c[c-]c(-c2cc(N(C)C)cc(C(C)(C)c3ccn(-c4[c-]cccc4)n3)n2)c1F.[Pt+2]. The molecule has 0 aliphatic heterocycles. The number of hydrogen-bond donors (Lipinski definition) is 0. The predicted molar refractivity (Wildman–Crippen MR) is 124 cm³/mol. The van der Waals surface area contributed by atoms with E-state index in [-0.39, 0.29) is 32.3 Å². The fourth-order valence-electron chi connectivity index (χ4n) is 3.45. The number of aromatic nitrogens is 3. The largest absolute Gasteiger partial charge is 2.00 e. The second-order valence-corrected chi connectivity index (χ2v) is 8.29. The van der Waals surface area contributed by atoms with Gasteiger partial charge in [-0.3, -0.25) is 18.3 Å². The van der Waals surface area contributed by atoms with Gasteiger partial charge in [0.25, 0.3) is 0 Å². The topological polar surface area (TPSA) is 38.3 Å². The monoisotopic (exact) mass is 636 g/mol. The standard InChI is InChI=1S/C26H21F2N5.Pt/c1-26(2,22-13-14-33(31-22)17-9-7-6-8-10-17)23-16-18(32(4)5)15-21(30-23)19-11-12-20(27)25(29-3)24(19)28;/h6-9,12-16H,1-2,4-5H3;/q-2;+2. The van der Waals surface area contributed by atoms with E-state index in [1.54, 1.807) is 10.7 Å². The summed E-state index contributed by atoms with van der Waals surface area (Å²) in [6, 6.07) is 19.8. The molecule has 0 bridgehead atoms. The molecule has 0 unspecified atom stereocenters. The zero-order valence-electron chi connectivity index (χ0n) is 19.0. The van der Waals surface area contributed by atoms with Crippen LogP contribution in [0.25, 0.3) is 21.8 Å². The molecule has 2 aromatic carbocycles. The van der Waals surface area contributed by atoms with Gasteiger partial charge in [-0.15, -0.1) is 23.8 Å². The molecule has 0 radical (unpaired) electrons. The summed E-state index contributed by atoms with van der Waals surface area (Å²) in [5.41, 5.74) is 1.91. The van der Waals surface area contributed by atoms with Crippen LogP contribution >= 0.6 is 0 Å². The van der Waals surface area contributed by atoms with Gasteiger partial charge in [-0.2, -0.15) is 29.4 Å². The third-order valence-corrected chi connectivity index (χ3v) is 5.50. The van der Waals surface area contributed by atoms with E-state index in [1.165, 1.54) is 0 Å². The minimum Gasteiger partial charge on any atom is -0.378 e. The Bertz CT molecular complexity index is 1360. The maximum absolute atomic E-state index is 14.9. The minimum atomic E-state index is -0.971. The van der Waals surface area contributed by atoms with Gasteiger partial charge in [-0.05, 0) is 37.4 Å². The van der Waals surface area contributed by atoms with E-state index in [9.17, 15) is 8.78 Å². The number of pyridine rings is 1. The van der Waals surface area contributed by atoms with Crippen molar-refractivity contribution in [1.29, 1.82) is 0 Å². The summed E-state index contributed by atoms with van der Waals surface area (Å²) in [5, 5.41) is 4.72. The van der Waals surface area contributed by atoms with Crippen LogP contribution in [0.1, 0.15) is 25.2 Å². The van der Waals surface area contributed by atoms with Crippen LogP contribution in [-0.4, -0.2) is 28.9 Å². The molecule has 174 valence electrons. The van der Waals surface area contributed by atoms with E-state index in [2.05, 4.69) is 17.0 Å². The molecule has 0 saturated heterocycles. The maximum atomic E-state index is 14.9. The summed E-state index contributed by atoms with van der Waals surface area (Å²) in [7, 11) is 3.73. The molecule has 4 aromatic rings. The van der Waals surface area contributed by atoms with Gasteiger partial charge >= 0.3 is 21.1 Å². The van der Waals surface area contributed by atoms with Crippen molar-refractivity contribution in [2.45, 2.75) is 19.3 Å². The predicted octanol–water partition coefficient (Wildman–Crippen LogP) is 5.75. The average Bonchev–Trinajstić information content (AvgIpc) is 3.31. The molecule has 0 aliphatic rings.